The number of nitrogens with one attached hydrogen (secondary N) is 1. The maximum Gasteiger partial charge on any atom is 0.327 e. The SMILES string of the molecule is CC(=O)N[C@@H](CS(=O)(=O)CCOC(C)(C)C)C(=O)O. The van der Waals surface area contributed by atoms with Crippen LogP contribution in [-0.4, -0.2) is 55.2 Å². The molecule has 112 valence electrons. The molecule has 1 amide bonds. The summed E-state index contributed by atoms with van der Waals surface area (Å²) in [4.78, 5) is 21.6. The van der Waals surface area contributed by atoms with Gasteiger partial charge in [0, 0.05) is 6.92 Å². The van der Waals surface area contributed by atoms with Gasteiger partial charge in [0.15, 0.2) is 9.84 Å². The molecule has 0 aliphatic rings. The summed E-state index contributed by atoms with van der Waals surface area (Å²) >= 11 is 0. The Hall–Kier alpha value is -1.15. The fourth-order valence-electron chi connectivity index (χ4n) is 1.23. The van der Waals surface area contributed by atoms with Crippen molar-refractivity contribution in [2.45, 2.75) is 39.3 Å². The van der Waals surface area contributed by atoms with Gasteiger partial charge in [0.25, 0.3) is 0 Å². The number of ether oxygens (including phenoxy) is 1. The lowest BCUT2D eigenvalue weighted by Gasteiger charge is -2.20. The quantitative estimate of drug-likeness (QED) is 0.673. The van der Waals surface area contributed by atoms with Gasteiger partial charge in [-0.05, 0) is 20.8 Å². The molecule has 0 fully saturated rings. The summed E-state index contributed by atoms with van der Waals surface area (Å²) < 4.78 is 28.7. The minimum absolute atomic E-state index is 0.0156. The van der Waals surface area contributed by atoms with Crippen molar-refractivity contribution in [1.29, 1.82) is 0 Å². The molecule has 0 aromatic rings. The maximum absolute atomic E-state index is 11.7. The van der Waals surface area contributed by atoms with Crippen molar-refractivity contribution in [2.75, 3.05) is 18.1 Å². The standard InChI is InChI=1S/C11H21NO6S/c1-8(13)12-9(10(14)15)7-19(16,17)6-5-18-11(2,3)4/h9H,5-7H2,1-4H3,(H,12,13)(H,14,15)/t9-/m0/s1. The fraction of sp³-hybridized carbons (Fsp3) is 0.818. The van der Waals surface area contributed by atoms with E-state index in [1.165, 1.54) is 0 Å². The molecule has 0 bridgehead atoms. The van der Waals surface area contributed by atoms with Crippen LogP contribution in [0.3, 0.4) is 0 Å². The molecule has 0 spiro atoms. The second kappa shape index (κ2) is 6.85. The molecule has 0 saturated heterocycles. The van der Waals surface area contributed by atoms with E-state index in [0.29, 0.717) is 0 Å². The van der Waals surface area contributed by atoms with E-state index in [-0.39, 0.29) is 12.4 Å². The number of carbonyl (C=O) groups is 2. The van der Waals surface area contributed by atoms with Gasteiger partial charge in [-0.1, -0.05) is 0 Å². The molecule has 0 rings (SSSR count). The van der Waals surface area contributed by atoms with Crippen LogP contribution < -0.4 is 5.32 Å². The molecule has 0 saturated carbocycles. The molecular weight excluding hydrogens is 274 g/mol. The average Bonchev–Trinajstić information content (AvgIpc) is 2.12. The van der Waals surface area contributed by atoms with Crippen LogP contribution in [0.2, 0.25) is 0 Å². The number of aliphatic carboxylic acids is 1. The number of hydrogen-bond donors (Lipinski definition) is 2. The third-order valence-electron chi connectivity index (χ3n) is 2.03. The van der Waals surface area contributed by atoms with Gasteiger partial charge in [-0.15, -0.1) is 0 Å². The number of hydrogen-bond acceptors (Lipinski definition) is 5. The first-order valence-corrected chi connectivity index (χ1v) is 7.59. The molecule has 7 nitrogen and oxygen atoms in total. The van der Waals surface area contributed by atoms with Crippen LogP contribution in [-0.2, 0) is 24.2 Å². The predicted octanol–water partition coefficient (Wildman–Crippen LogP) is -0.194. The minimum atomic E-state index is -3.61. The minimum Gasteiger partial charge on any atom is -0.480 e. The van der Waals surface area contributed by atoms with Crippen molar-refractivity contribution in [3.8, 4) is 0 Å². The Kier molecular flexibility index (Phi) is 6.44. The Morgan fingerprint density at radius 2 is 1.84 bits per heavy atom. The Balaban J connectivity index is 4.48. The highest BCUT2D eigenvalue weighted by atomic mass is 32.2. The highest BCUT2D eigenvalue weighted by molar-refractivity contribution is 7.91. The first-order valence-electron chi connectivity index (χ1n) is 5.77. The number of carboxylic acids is 1. The zero-order chi connectivity index (χ0) is 15.3. The summed E-state index contributed by atoms with van der Waals surface area (Å²) in [6.45, 7) is 6.48. The van der Waals surface area contributed by atoms with Gasteiger partial charge in [-0.2, -0.15) is 0 Å². The van der Waals surface area contributed by atoms with Gasteiger partial charge in [0.1, 0.15) is 6.04 Å². The van der Waals surface area contributed by atoms with E-state index in [9.17, 15) is 18.0 Å². The van der Waals surface area contributed by atoms with Gasteiger partial charge >= 0.3 is 5.97 Å². The van der Waals surface area contributed by atoms with E-state index in [1.54, 1.807) is 20.8 Å². The van der Waals surface area contributed by atoms with Crippen LogP contribution in [0.25, 0.3) is 0 Å². The summed E-state index contributed by atoms with van der Waals surface area (Å²) in [7, 11) is -3.61. The lowest BCUT2D eigenvalue weighted by Crippen LogP contribution is -2.45. The molecule has 8 heteroatoms. The number of sulfone groups is 1. The lowest BCUT2D eigenvalue weighted by atomic mass is 10.2. The predicted molar refractivity (Wildman–Crippen MR) is 69.6 cm³/mol. The molecule has 0 aliphatic heterocycles. The third kappa shape index (κ3) is 9.43. The van der Waals surface area contributed by atoms with Crippen LogP contribution in [0.4, 0.5) is 0 Å². The second-order valence-electron chi connectivity index (χ2n) is 5.17. The Morgan fingerprint density at radius 1 is 1.32 bits per heavy atom. The van der Waals surface area contributed by atoms with Crippen molar-refractivity contribution < 1.29 is 27.9 Å². The monoisotopic (exact) mass is 295 g/mol. The van der Waals surface area contributed by atoms with Crippen LogP contribution in [0, 0.1) is 0 Å². The van der Waals surface area contributed by atoms with E-state index < -0.39 is 39.1 Å². The molecule has 2 N–H and O–H groups in total. The molecule has 0 aliphatic carbocycles. The molecule has 1 atom stereocenters. The second-order valence-corrected chi connectivity index (χ2v) is 7.40. The fourth-order valence-corrected chi connectivity index (χ4v) is 2.47. The lowest BCUT2D eigenvalue weighted by molar-refractivity contribution is -0.140. The molecule has 0 aromatic carbocycles. The van der Waals surface area contributed by atoms with E-state index >= 15 is 0 Å². The number of rotatable bonds is 7. The molecule has 0 unspecified atom stereocenters. The van der Waals surface area contributed by atoms with Crippen molar-refractivity contribution in [3.63, 3.8) is 0 Å². The van der Waals surface area contributed by atoms with Crippen molar-refractivity contribution in [1.82, 2.24) is 5.32 Å². The highest BCUT2D eigenvalue weighted by Gasteiger charge is 2.26. The number of carboxylic acid groups (broad SMARTS) is 1. The van der Waals surface area contributed by atoms with Crippen molar-refractivity contribution >= 4 is 21.7 Å². The first-order chi connectivity index (χ1) is 8.43. The highest BCUT2D eigenvalue weighted by Crippen LogP contribution is 2.07. The van der Waals surface area contributed by atoms with Gasteiger partial charge in [-0.25, -0.2) is 13.2 Å². The number of amides is 1. The topological polar surface area (TPSA) is 110 Å². The van der Waals surface area contributed by atoms with Gasteiger partial charge in [-0.3, -0.25) is 4.79 Å². The van der Waals surface area contributed by atoms with Crippen LogP contribution >= 0.6 is 0 Å². The van der Waals surface area contributed by atoms with Crippen molar-refractivity contribution in [2.24, 2.45) is 0 Å². The van der Waals surface area contributed by atoms with Gasteiger partial charge in [0.2, 0.25) is 5.91 Å². The largest absolute Gasteiger partial charge is 0.480 e. The summed E-state index contributed by atoms with van der Waals surface area (Å²) in [5, 5.41) is 10.9. The summed E-state index contributed by atoms with van der Waals surface area (Å²) in [5.41, 5.74) is -0.459. The number of carbonyl (C=O) groups excluding carboxylic acids is 1. The molecule has 0 aromatic heterocycles. The smallest absolute Gasteiger partial charge is 0.327 e. The van der Waals surface area contributed by atoms with Crippen molar-refractivity contribution in [3.05, 3.63) is 0 Å². The van der Waals surface area contributed by atoms with E-state index in [4.69, 9.17) is 9.84 Å². The molecular formula is C11H21NO6S. The van der Waals surface area contributed by atoms with Crippen LogP contribution in [0.15, 0.2) is 0 Å². The van der Waals surface area contributed by atoms with E-state index in [1.807, 2.05) is 0 Å². The zero-order valence-corrected chi connectivity index (χ0v) is 12.4. The van der Waals surface area contributed by atoms with Gasteiger partial charge < -0.3 is 15.2 Å². The summed E-state index contributed by atoms with van der Waals surface area (Å²) in [5.74, 6) is -2.90. The molecule has 19 heavy (non-hydrogen) atoms. The van der Waals surface area contributed by atoms with Crippen LogP contribution in [0.5, 0.6) is 0 Å². The third-order valence-corrected chi connectivity index (χ3v) is 3.66. The van der Waals surface area contributed by atoms with Crippen LogP contribution in [0.1, 0.15) is 27.7 Å². The summed E-state index contributed by atoms with van der Waals surface area (Å²) in [6.07, 6.45) is 0. The Morgan fingerprint density at radius 3 is 2.21 bits per heavy atom. The average molecular weight is 295 g/mol. The molecule has 0 heterocycles. The Bertz CT molecular complexity index is 423. The zero-order valence-electron chi connectivity index (χ0n) is 11.6. The summed E-state index contributed by atoms with van der Waals surface area (Å²) in [6, 6.07) is -1.43. The van der Waals surface area contributed by atoms with Gasteiger partial charge in [0.05, 0.1) is 23.7 Å². The molecule has 0 radical (unpaired) electrons. The maximum atomic E-state index is 11.7. The normalized spacial score (nSPS) is 13.9. The van der Waals surface area contributed by atoms with E-state index in [2.05, 4.69) is 5.32 Å². The Labute approximate surface area is 113 Å². The van der Waals surface area contributed by atoms with E-state index in [0.717, 1.165) is 6.92 Å². The first kappa shape index (κ1) is 17.8.